The topological polar surface area (TPSA) is 79.3 Å². The standard InChI is InChI=1S/C34H41FN2O5/c1-7-41-32-18-26(30(17-23(32)3)29-10-11-31(35)25(5)24(29)4)19-37-14-12-34(13-15-37,42-21-38)20-36(6)27-8-9-28(33(39)40)22(2)16-27/h8-11,16-18,21H,7,12-15,19-20H2,1-6H3,(H,39,40). The zero-order valence-corrected chi connectivity index (χ0v) is 25.4. The SMILES string of the molecule is CCOc1cc(CN2CCC(CN(C)c3ccc(C(=O)O)c(C)c3)(OC=O)CC2)c(-c2ccc(F)c(C)c2C)cc1C. The average Bonchev–Trinajstić information content (AvgIpc) is 2.95. The van der Waals surface area contributed by atoms with Crippen LogP contribution in [0.25, 0.3) is 11.1 Å². The molecule has 0 aliphatic carbocycles. The van der Waals surface area contributed by atoms with Crippen molar-refractivity contribution < 1.29 is 28.6 Å². The summed E-state index contributed by atoms with van der Waals surface area (Å²) < 4.78 is 26.0. The summed E-state index contributed by atoms with van der Waals surface area (Å²) in [5.41, 5.74) is 6.94. The molecule has 1 aliphatic rings. The van der Waals surface area contributed by atoms with Crippen molar-refractivity contribution in [2.75, 3.05) is 38.2 Å². The lowest BCUT2D eigenvalue weighted by molar-refractivity contribution is -0.147. The lowest BCUT2D eigenvalue weighted by Gasteiger charge is -2.42. The number of piperidine rings is 1. The van der Waals surface area contributed by atoms with Crippen molar-refractivity contribution >= 4 is 18.1 Å². The number of anilines is 1. The molecule has 3 aromatic carbocycles. The van der Waals surface area contributed by atoms with E-state index in [1.165, 1.54) is 6.07 Å². The first-order valence-electron chi connectivity index (χ1n) is 14.4. The maximum absolute atomic E-state index is 14.3. The summed E-state index contributed by atoms with van der Waals surface area (Å²) in [5, 5.41) is 9.37. The van der Waals surface area contributed by atoms with Crippen molar-refractivity contribution in [2.24, 2.45) is 0 Å². The monoisotopic (exact) mass is 576 g/mol. The highest BCUT2D eigenvalue weighted by molar-refractivity contribution is 5.90. The van der Waals surface area contributed by atoms with Crippen molar-refractivity contribution in [1.29, 1.82) is 0 Å². The lowest BCUT2D eigenvalue weighted by atomic mass is 9.88. The van der Waals surface area contributed by atoms with Crippen LogP contribution in [0.3, 0.4) is 0 Å². The minimum Gasteiger partial charge on any atom is -0.494 e. The number of carboxylic acid groups (broad SMARTS) is 1. The van der Waals surface area contributed by atoms with Crippen molar-refractivity contribution in [2.45, 2.75) is 59.6 Å². The van der Waals surface area contributed by atoms with Gasteiger partial charge in [0.05, 0.1) is 18.7 Å². The molecule has 4 rings (SSSR count). The summed E-state index contributed by atoms with van der Waals surface area (Å²) in [4.78, 5) is 27.4. The number of benzene rings is 3. The van der Waals surface area contributed by atoms with Crippen molar-refractivity contribution in [3.8, 4) is 16.9 Å². The third kappa shape index (κ3) is 6.59. The second-order valence-electron chi connectivity index (χ2n) is 11.4. The molecule has 0 atom stereocenters. The number of nitrogens with zero attached hydrogens (tertiary/aromatic N) is 2. The fourth-order valence-electron chi connectivity index (χ4n) is 5.93. The smallest absolute Gasteiger partial charge is 0.335 e. The van der Waals surface area contributed by atoms with E-state index in [1.54, 1.807) is 19.1 Å². The highest BCUT2D eigenvalue weighted by Gasteiger charge is 2.38. The first-order chi connectivity index (χ1) is 20.0. The van der Waals surface area contributed by atoms with Crippen LogP contribution in [0.1, 0.15) is 57.9 Å². The Kier molecular flexibility index (Phi) is 9.57. The van der Waals surface area contributed by atoms with Gasteiger partial charge in [0.1, 0.15) is 17.2 Å². The molecule has 1 heterocycles. The van der Waals surface area contributed by atoms with Crippen LogP contribution < -0.4 is 9.64 Å². The maximum atomic E-state index is 14.3. The van der Waals surface area contributed by atoms with Crippen molar-refractivity contribution in [3.63, 3.8) is 0 Å². The van der Waals surface area contributed by atoms with E-state index in [2.05, 4.69) is 17.0 Å². The number of carbonyl (C=O) groups excluding carboxylic acids is 1. The summed E-state index contributed by atoms with van der Waals surface area (Å²) >= 11 is 0. The average molecular weight is 577 g/mol. The fourth-order valence-corrected chi connectivity index (χ4v) is 5.93. The third-order valence-electron chi connectivity index (χ3n) is 8.58. The summed E-state index contributed by atoms with van der Waals surface area (Å²) in [7, 11) is 1.93. The van der Waals surface area contributed by atoms with Gasteiger partial charge in [0.25, 0.3) is 6.47 Å². The predicted octanol–water partition coefficient (Wildman–Crippen LogP) is 6.47. The van der Waals surface area contributed by atoms with E-state index in [4.69, 9.17) is 9.47 Å². The Morgan fingerprint density at radius 1 is 1.02 bits per heavy atom. The molecule has 8 heteroatoms. The Labute approximate surface area is 247 Å². The van der Waals surface area contributed by atoms with Crippen molar-refractivity contribution in [3.05, 3.63) is 81.7 Å². The number of likely N-dealkylation sites (N-methyl/N-ethyl adjacent to an activating group) is 1. The van der Waals surface area contributed by atoms with E-state index in [0.29, 0.717) is 50.1 Å². The van der Waals surface area contributed by atoms with Gasteiger partial charge in [-0.1, -0.05) is 6.07 Å². The second-order valence-corrected chi connectivity index (χ2v) is 11.4. The molecule has 0 unspecified atom stereocenters. The maximum Gasteiger partial charge on any atom is 0.335 e. The van der Waals surface area contributed by atoms with Gasteiger partial charge in [-0.3, -0.25) is 9.69 Å². The molecule has 0 bridgehead atoms. The molecule has 7 nitrogen and oxygen atoms in total. The van der Waals surface area contributed by atoms with Gasteiger partial charge in [-0.15, -0.1) is 0 Å². The van der Waals surface area contributed by atoms with Crippen LogP contribution in [-0.4, -0.2) is 61.3 Å². The molecule has 1 saturated heterocycles. The number of aryl methyl sites for hydroxylation is 2. The number of halogens is 1. The van der Waals surface area contributed by atoms with Gasteiger partial charge in [0.2, 0.25) is 0 Å². The van der Waals surface area contributed by atoms with Crippen LogP contribution in [-0.2, 0) is 16.1 Å². The highest BCUT2D eigenvalue weighted by atomic mass is 19.1. The molecule has 1 fully saturated rings. The summed E-state index contributed by atoms with van der Waals surface area (Å²) in [5.74, 6) is -0.320. The number of rotatable bonds is 11. The van der Waals surface area contributed by atoms with Gasteiger partial charge < -0.3 is 19.5 Å². The van der Waals surface area contributed by atoms with E-state index in [9.17, 15) is 19.1 Å². The normalized spacial score (nSPS) is 14.8. The molecule has 224 valence electrons. The molecule has 3 aromatic rings. The quantitative estimate of drug-likeness (QED) is 0.262. The number of likely N-dealkylation sites (tertiary alicyclic amines) is 1. The third-order valence-corrected chi connectivity index (χ3v) is 8.58. The summed E-state index contributed by atoms with van der Waals surface area (Å²) in [6, 6.07) is 12.9. The van der Waals surface area contributed by atoms with E-state index in [1.807, 2.05) is 51.8 Å². The Bertz CT molecular complexity index is 1460. The molecule has 42 heavy (non-hydrogen) atoms. The van der Waals surface area contributed by atoms with E-state index < -0.39 is 11.6 Å². The van der Waals surface area contributed by atoms with Gasteiger partial charge in [-0.2, -0.15) is 0 Å². The Balaban J connectivity index is 1.55. The molecule has 0 amide bonds. The first kappa shape index (κ1) is 31.0. The molecule has 0 spiro atoms. The molecular formula is C34H41FN2O5. The fraction of sp³-hybridized carbons (Fsp3) is 0.412. The van der Waals surface area contributed by atoms with E-state index in [0.717, 1.165) is 52.3 Å². The molecule has 0 saturated carbocycles. The van der Waals surface area contributed by atoms with E-state index >= 15 is 0 Å². The van der Waals surface area contributed by atoms with Crippen LogP contribution in [0.5, 0.6) is 5.75 Å². The molecular weight excluding hydrogens is 535 g/mol. The number of hydrogen-bond donors (Lipinski definition) is 1. The molecule has 0 radical (unpaired) electrons. The Hall–Kier alpha value is -3.91. The number of ether oxygens (including phenoxy) is 2. The molecule has 1 N–H and O–H groups in total. The lowest BCUT2D eigenvalue weighted by Crippen LogP contribution is -2.51. The minimum atomic E-state index is -0.954. The van der Waals surface area contributed by atoms with Gasteiger partial charge in [-0.05, 0) is 110 Å². The second kappa shape index (κ2) is 12.9. The number of carbonyl (C=O) groups is 2. The Morgan fingerprint density at radius 2 is 1.74 bits per heavy atom. The van der Waals surface area contributed by atoms with Gasteiger partial charge in [0, 0.05) is 45.2 Å². The summed E-state index contributed by atoms with van der Waals surface area (Å²) in [6.07, 6.45) is 1.30. The highest BCUT2D eigenvalue weighted by Crippen LogP contribution is 2.36. The zero-order chi connectivity index (χ0) is 30.6. The summed E-state index contributed by atoms with van der Waals surface area (Å²) in [6.45, 7) is 13.3. The molecule has 1 aliphatic heterocycles. The van der Waals surface area contributed by atoms with Gasteiger partial charge in [0.15, 0.2) is 0 Å². The number of hydrogen-bond acceptors (Lipinski definition) is 6. The van der Waals surface area contributed by atoms with Gasteiger partial charge >= 0.3 is 5.97 Å². The van der Waals surface area contributed by atoms with Crippen LogP contribution in [0, 0.1) is 33.5 Å². The van der Waals surface area contributed by atoms with E-state index in [-0.39, 0.29) is 11.4 Å². The number of aromatic carboxylic acids is 1. The minimum absolute atomic E-state index is 0.207. The Morgan fingerprint density at radius 3 is 2.36 bits per heavy atom. The van der Waals surface area contributed by atoms with Crippen LogP contribution in [0.15, 0.2) is 42.5 Å². The molecule has 0 aromatic heterocycles. The van der Waals surface area contributed by atoms with Crippen LogP contribution >= 0.6 is 0 Å². The van der Waals surface area contributed by atoms with Gasteiger partial charge in [-0.25, -0.2) is 9.18 Å². The largest absolute Gasteiger partial charge is 0.494 e. The van der Waals surface area contributed by atoms with Crippen LogP contribution in [0.2, 0.25) is 0 Å². The zero-order valence-electron chi connectivity index (χ0n) is 25.4. The number of carboxylic acids is 1. The first-order valence-corrected chi connectivity index (χ1v) is 14.4. The van der Waals surface area contributed by atoms with Crippen molar-refractivity contribution in [1.82, 2.24) is 4.90 Å². The predicted molar refractivity (Wildman–Crippen MR) is 163 cm³/mol. The van der Waals surface area contributed by atoms with Crippen LogP contribution in [0.4, 0.5) is 10.1 Å².